The molecule has 0 aliphatic heterocycles. The lowest BCUT2D eigenvalue weighted by atomic mass is 9.92. The topological polar surface area (TPSA) is 92.4 Å². The largest absolute Gasteiger partial charge is 0.507 e. The molecule has 0 unspecified atom stereocenters. The van der Waals surface area contributed by atoms with Crippen LogP contribution in [-0.4, -0.2) is 23.5 Å². The minimum atomic E-state index is -0.824. The van der Waals surface area contributed by atoms with Crippen molar-refractivity contribution in [1.29, 1.82) is 0 Å². The molecular weight excluding hydrogens is 232 g/mol. The number of carbonyl (C=O) groups excluding carboxylic acids is 2. The molecule has 0 saturated carbocycles. The Bertz CT molecular complexity index is 481. The van der Waals surface area contributed by atoms with Gasteiger partial charge in [-0.3, -0.25) is 9.59 Å². The molecule has 1 rings (SSSR count). The van der Waals surface area contributed by atoms with Gasteiger partial charge in [-0.2, -0.15) is 0 Å². The summed E-state index contributed by atoms with van der Waals surface area (Å²) in [4.78, 5) is 23.0. The third kappa shape index (κ3) is 3.00. The Hall–Kier alpha value is -2.04. The number of carbonyl (C=O) groups is 2. The highest BCUT2D eigenvalue weighted by molar-refractivity contribution is 5.97. The highest BCUT2D eigenvalue weighted by Crippen LogP contribution is 2.21. The first kappa shape index (κ1) is 14.0. The van der Waals surface area contributed by atoms with Gasteiger partial charge in [-0.25, -0.2) is 0 Å². The molecule has 0 aliphatic carbocycles. The minimum Gasteiger partial charge on any atom is -0.507 e. The summed E-state index contributed by atoms with van der Waals surface area (Å²) in [6.45, 7) is 5.12. The smallest absolute Gasteiger partial charge is 0.255 e. The van der Waals surface area contributed by atoms with E-state index in [9.17, 15) is 14.7 Å². The normalized spacial score (nSPS) is 11.1. The van der Waals surface area contributed by atoms with Crippen molar-refractivity contribution in [2.75, 3.05) is 6.54 Å². The van der Waals surface area contributed by atoms with Gasteiger partial charge in [0.2, 0.25) is 5.91 Å². The van der Waals surface area contributed by atoms with Crippen LogP contribution < -0.4 is 11.1 Å². The van der Waals surface area contributed by atoms with Crippen LogP contribution in [0.3, 0.4) is 0 Å². The number of aromatic hydroxyl groups is 1. The summed E-state index contributed by atoms with van der Waals surface area (Å²) in [7, 11) is 0. The van der Waals surface area contributed by atoms with Gasteiger partial charge in [0.05, 0.1) is 11.0 Å². The lowest BCUT2D eigenvalue weighted by Crippen LogP contribution is -2.42. The number of phenols is 1. The molecule has 5 heteroatoms. The number of hydrogen-bond acceptors (Lipinski definition) is 3. The minimum absolute atomic E-state index is 0.0492. The molecule has 2 amide bonds. The molecule has 1 aromatic rings. The maximum absolute atomic E-state index is 11.9. The summed E-state index contributed by atoms with van der Waals surface area (Å²) in [6.07, 6.45) is 0. The van der Waals surface area contributed by atoms with Crippen molar-refractivity contribution in [3.8, 4) is 5.75 Å². The average Bonchev–Trinajstić information content (AvgIpc) is 2.29. The second-order valence-electron chi connectivity index (χ2n) is 4.90. The number of phenolic OH excluding ortho intramolecular Hbond substituents is 1. The van der Waals surface area contributed by atoms with Crippen LogP contribution in [0, 0.1) is 12.3 Å². The van der Waals surface area contributed by atoms with Crippen LogP contribution in [0.5, 0.6) is 5.75 Å². The molecular formula is C13H18N2O3. The van der Waals surface area contributed by atoms with E-state index in [0.29, 0.717) is 5.56 Å². The number of amides is 2. The van der Waals surface area contributed by atoms with Crippen molar-refractivity contribution in [2.45, 2.75) is 20.8 Å². The average molecular weight is 250 g/mol. The summed E-state index contributed by atoms with van der Waals surface area (Å²) < 4.78 is 0. The number of aryl methyl sites for hydroxylation is 1. The molecule has 0 radical (unpaired) electrons. The van der Waals surface area contributed by atoms with Gasteiger partial charge in [0, 0.05) is 6.54 Å². The van der Waals surface area contributed by atoms with E-state index in [0.717, 1.165) is 0 Å². The monoisotopic (exact) mass is 250 g/mol. The Balaban J connectivity index is 2.78. The van der Waals surface area contributed by atoms with Crippen molar-refractivity contribution in [3.63, 3.8) is 0 Å². The summed E-state index contributed by atoms with van der Waals surface area (Å²) in [5.41, 5.74) is 5.20. The molecule has 0 fully saturated rings. The Kier molecular flexibility index (Phi) is 3.96. The van der Waals surface area contributed by atoms with Gasteiger partial charge in [0.15, 0.2) is 0 Å². The molecule has 98 valence electrons. The van der Waals surface area contributed by atoms with E-state index in [1.807, 2.05) is 0 Å². The quantitative estimate of drug-likeness (QED) is 0.742. The first-order valence-electron chi connectivity index (χ1n) is 5.62. The Morgan fingerprint density at radius 1 is 1.39 bits per heavy atom. The fourth-order valence-electron chi connectivity index (χ4n) is 1.33. The van der Waals surface area contributed by atoms with Crippen LogP contribution in [0.4, 0.5) is 0 Å². The number of hydrogen-bond donors (Lipinski definition) is 3. The van der Waals surface area contributed by atoms with Gasteiger partial charge in [-0.05, 0) is 32.4 Å². The molecule has 0 saturated heterocycles. The molecule has 0 spiro atoms. The van der Waals surface area contributed by atoms with Crippen LogP contribution in [-0.2, 0) is 4.79 Å². The summed E-state index contributed by atoms with van der Waals surface area (Å²) in [5, 5.41) is 12.3. The van der Waals surface area contributed by atoms with Crippen molar-refractivity contribution in [2.24, 2.45) is 11.1 Å². The summed E-state index contributed by atoms with van der Waals surface area (Å²) in [6, 6.07) is 4.91. The predicted octanol–water partition coefficient (Wildman–Crippen LogP) is 0.942. The van der Waals surface area contributed by atoms with E-state index < -0.39 is 17.2 Å². The van der Waals surface area contributed by atoms with Crippen molar-refractivity contribution in [3.05, 3.63) is 29.3 Å². The van der Waals surface area contributed by atoms with Gasteiger partial charge < -0.3 is 16.2 Å². The van der Waals surface area contributed by atoms with E-state index in [1.165, 1.54) is 6.07 Å². The summed E-state index contributed by atoms with van der Waals surface area (Å²) in [5.74, 6) is -0.964. The van der Waals surface area contributed by atoms with Crippen LogP contribution >= 0.6 is 0 Å². The zero-order valence-corrected chi connectivity index (χ0v) is 10.8. The fourth-order valence-corrected chi connectivity index (χ4v) is 1.33. The predicted molar refractivity (Wildman–Crippen MR) is 68.2 cm³/mol. The lowest BCUT2D eigenvalue weighted by Gasteiger charge is -2.20. The number of nitrogens with two attached hydrogens (primary N) is 1. The first-order valence-corrected chi connectivity index (χ1v) is 5.62. The van der Waals surface area contributed by atoms with E-state index >= 15 is 0 Å². The number of nitrogens with one attached hydrogen (secondary N) is 1. The van der Waals surface area contributed by atoms with E-state index in [-0.39, 0.29) is 17.9 Å². The zero-order chi connectivity index (χ0) is 13.9. The number of primary amides is 1. The van der Waals surface area contributed by atoms with Crippen LogP contribution in [0.15, 0.2) is 18.2 Å². The summed E-state index contributed by atoms with van der Waals surface area (Å²) >= 11 is 0. The highest BCUT2D eigenvalue weighted by atomic mass is 16.3. The molecule has 18 heavy (non-hydrogen) atoms. The van der Waals surface area contributed by atoms with E-state index in [2.05, 4.69) is 5.32 Å². The lowest BCUT2D eigenvalue weighted by molar-refractivity contribution is -0.125. The van der Waals surface area contributed by atoms with Crippen molar-refractivity contribution >= 4 is 11.8 Å². The number of para-hydroxylation sites is 1. The molecule has 1 aromatic carbocycles. The van der Waals surface area contributed by atoms with E-state index in [1.54, 1.807) is 32.9 Å². The zero-order valence-electron chi connectivity index (χ0n) is 10.8. The van der Waals surface area contributed by atoms with Gasteiger partial charge in [0.1, 0.15) is 5.75 Å². The van der Waals surface area contributed by atoms with Crippen molar-refractivity contribution < 1.29 is 14.7 Å². The molecule has 0 aliphatic rings. The highest BCUT2D eigenvalue weighted by Gasteiger charge is 2.26. The second-order valence-corrected chi connectivity index (χ2v) is 4.90. The maximum atomic E-state index is 11.9. The number of benzene rings is 1. The van der Waals surface area contributed by atoms with Gasteiger partial charge in [-0.15, -0.1) is 0 Å². The van der Waals surface area contributed by atoms with Gasteiger partial charge in [-0.1, -0.05) is 12.1 Å². The Morgan fingerprint density at radius 3 is 2.56 bits per heavy atom. The molecule has 0 heterocycles. The fraction of sp³-hybridized carbons (Fsp3) is 0.385. The Labute approximate surface area is 106 Å². The molecule has 5 nitrogen and oxygen atoms in total. The van der Waals surface area contributed by atoms with Crippen LogP contribution in [0.1, 0.15) is 29.8 Å². The van der Waals surface area contributed by atoms with Crippen molar-refractivity contribution in [1.82, 2.24) is 5.32 Å². The second kappa shape index (κ2) is 5.08. The molecule has 0 bridgehead atoms. The van der Waals surface area contributed by atoms with Crippen LogP contribution in [0.25, 0.3) is 0 Å². The third-order valence-corrected chi connectivity index (χ3v) is 2.84. The molecule has 4 N–H and O–H groups in total. The first-order chi connectivity index (χ1) is 8.25. The van der Waals surface area contributed by atoms with Gasteiger partial charge in [0.25, 0.3) is 5.91 Å². The van der Waals surface area contributed by atoms with E-state index in [4.69, 9.17) is 5.73 Å². The number of rotatable bonds is 4. The Morgan fingerprint density at radius 2 is 2.00 bits per heavy atom. The van der Waals surface area contributed by atoms with Gasteiger partial charge >= 0.3 is 0 Å². The van der Waals surface area contributed by atoms with Crippen LogP contribution in [0.2, 0.25) is 0 Å². The third-order valence-electron chi connectivity index (χ3n) is 2.84. The molecule has 0 atom stereocenters. The SMILES string of the molecule is Cc1cccc(C(=O)NCC(C)(C)C(N)=O)c1O. The standard InChI is InChI=1S/C13H18N2O3/c1-8-5-4-6-9(10(8)16)11(17)15-7-13(2,3)12(14)18/h4-6,16H,7H2,1-3H3,(H2,14,18)(H,15,17). The molecule has 0 aromatic heterocycles. The maximum Gasteiger partial charge on any atom is 0.255 e.